The Labute approximate surface area is 193 Å². The fourth-order valence-electron chi connectivity index (χ4n) is 3.41. The van der Waals surface area contributed by atoms with Gasteiger partial charge in [-0.2, -0.15) is 0 Å². The SMILES string of the molecule is CCCOC(=Nc1ccc(N=C(OCCC)c2ccc3c(c2)O3)c(C)c1)c1ccc2c(c1)O2. The van der Waals surface area contributed by atoms with E-state index in [1.807, 2.05) is 61.5 Å². The second-order valence-corrected chi connectivity index (χ2v) is 8.03. The molecule has 0 amide bonds. The minimum absolute atomic E-state index is 0.587. The molecule has 2 aliphatic rings. The van der Waals surface area contributed by atoms with E-state index in [-0.39, 0.29) is 0 Å². The van der Waals surface area contributed by atoms with Gasteiger partial charge >= 0.3 is 0 Å². The number of aryl methyl sites for hydroxylation is 1. The van der Waals surface area contributed by atoms with Gasteiger partial charge in [0.25, 0.3) is 0 Å². The molecular weight excluding hydrogens is 416 g/mol. The summed E-state index contributed by atoms with van der Waals surface area (Å²) in [5.74, 6) is 4.77. The first-order chi connectivity index (χ1) is 16.1. The van der Waals surface area contributed by atoms with Crippen LogP contribution in [0.1, 0.15) is 43.4 Å². The van der Waals surface area contributed by atoms with E-state index in [1.54, 1.807) is 0 Å². The predicted octanol–water partition coefficient (Wildman–Crippen LogP) is 7.22. The second kappa shape index (κ2) is 8.98. The molecule has 0 bridgehead atoms. The Morgan fingerprint density at radius 1 is 0.697 bits per heavy atom. The molecule has 6 nitrogen and oxygen atoms in total. The van der Waals surface area contributed by atoms with Crippen molar-refractivity contribution in [3.63, 3.8) is 0 Å². The maximum Gasteiger partial charge on any atom is 0.221 e. The minimum atomic E-state index is 0.587. The lowest BCUT2D eigenvalue weighted by molar-refractivity contribution is 0.305. The van der Waals surface area contributed by atoms with Gasteiger partial charge in [-0.05, 0) is 79.9 Å². The molecule has 0 saturated heterocycles. The number of benzene rings is 3. The number of nitrogens with zero attached hydrogens (tertiary/aromatic N) is 2. The molecule has 0 atom stereocenters. The van der Waals surface area contributed by atoms with E-state index in [9.17, 15) is 0 Å². The second-order valence-electron chi connectivity index (χ2n) is 8.03. The monoisotopic (exact) mass is 442 g/mol. The summed E-state index contributed by atoms with van der Waals surface area (Å²) in [6.45, 7) is 7.37. The topological polar surface area (TPSA) is 68.2 Å². The molecule has 0 radical (unpaired) electrons. The van der Waals surface area contributed by atoms with Crippen molar-refractivity contribution in [2.75, 3.05) is 13.2 Å². The van der Waals surface area contributed by atoms with Crippen LogP contribution in [0.2, 0.25) is 0 Å². The number of hydrogen-bond acceptors (Lipinski definition) is 6. The predicted molar refractivity (Wildman–Crippen MR) is 129 cm³/mol. The molecule has 6 heteroatoms. The molecule has 0 saturated carbocycles. The van der Waals surface area contributed by atoms with Gasteiger partial charge in [0, 0.05) is 11.1 Å². The third-order valence-electron chi connectivity index (χ3n) is 5.26. The fourth-order valence-corrected chi connectivity index (χ4v) is 3.41. The van der Waals surface area contributed by atoms with Crippen molar-refractivity contribution in [1.82, 2.24) is 0 Å². The molecule has 168 valence electrons. The van der Waals surface area contributed by atoms with E-state index in [4.69, 9.17) is 28.9 Å². The van der Waals surface area contributed by atoms with Gasteiger partial charge in [-0.15, -0.1) is 0 Å². The first-order valence-electron chi connectivity index (χ1n) is 11.3. The average Bonchev–Trinajstić information content (AvgIpc) is 3.74. The maximum atomic E-state index is 5.96. The summed E-state index contributed by atoms with van der Waals surface area (Å²) in [6.07, 6.45) is 1.81. The highest BCUT2D eigenvalue weighted by molar-refractivity contribution is 5.98. The Kier molecular flexibility index (Phi) is 5.73. The maximum absolute atomic E-state index is 5.96. The van der Waals surface area contributed by atoms with Crippen LogP contribution in [0.3, 0.4) is 0 Å². The molecule has 5 rings (SSSR count). The first-order valence-corrected chi connectivity index (χ1v) is 11.3. The molecule has 33 heavy (non-hydrogen) atoms. The van der Waals surface area contributed by atoms with Gasteiger partial charge < -0.3 is 18.9 Å². The summed E-state index contributed by atoms with van der Waals surface area (Å²) in [7, 11) is 0. The molecule has 0 aliphatic carbocycles. The summed E-state index contributed by atoms with van der Waals surface area (Å²) in [6, 6.07) is 17.7. The lowest BCUT2D eigenvalue weighted by Gasteiger charge is -2.11. The molecule has 2 aliphatic heterocycles. The van der Waals surface area contributed by atoms with Crippen LogP contribution in [0, 0.1) is 6.92 Å². The average molecular weight is 443 g/mol. The Morgan fingerprint density at radius 2 is 1.27 bits per heavy atom. The van der Waals surface area contributed by atoms with E-state index >= 15 is 0 Å². The summed E-state index contributed by atoms with van der Waals surface area (Å²) in [5, 5.41) is 0. The molecule has 0 spiro atoms. The Morgan fingerprint density at radius 3 is 1.79 bits per heavy atom. The van der Waals surface area contributed by atoms with Crippen LogP contribution in [0.4, 0.5) is 11.4 Å². The Hall–Kier alpha value is -3.80. The molecule has 2 heterocycles. The standard InChI is InChI=1S/C27H26N2O4/c1-4-12-30-26(18-6-10-22-24(15-18)32-22)28-20-8-9-21(17(3)14-20)29-27(31-13-5-2)19-7-11-23-25(16-19)33-23/h6-11,14-16H,4-5,12-13H2,1-3H3. The highest BCUT2D eigenvalue weighted by Crippen LogP contribution is 2.46. The van der Waals surface area contributed by atoms with E-state index in [1.165, 1.54) is 0 Å². The normalized spacial score (nSPS) is 13.4. The number of aliphatic imine (C=N–C) groups is 2. The number of hydrogen-bond donors (Lipinski definition) is 0. The number of ether oxygens (including phenoxy) is 4. The highest BCUT2D eigenvalue weighted by Gasteiger charge is 2.22. The Bertz CT molecular complexity index is 1260. The third-order valence-corrected chi connectivity index (χ3v) is 5.26. The van der Waals surface area contributed by atoms with Crippen LogP contribution in [0.15, 0.2) is 64.6 Å². The van der Waals surface area contributed by atoms with Crippen molar-refractivity contribution in [2.45, 2.75) is 33.6 Å². The minimum Gasteiger partial charge on any atom is -0.477 e. The van der Waals surface area contributed by atoms with E-state index in [0.29, 0.717) is 25.0 Å². The molecule has 3 aromatic rings. The zero-order valence-corrected chi connectivity index (χ0v) is 19.1. The molecular formula is C27H26N2O4. The van der Waals surface area contributed by atoms with Crippen LogP contribution in [-0.4, -0.2) is 25.0 Å². The first kappa shape index (κ1) is 21.1. The Balaban J connectivity index is 1.43. The van der Waals surface area contributed by atoms with Crippen molar-refractivity contribution in [2.24, 2.45) is 9.98 Å². The summed E-state index contributed by atoms with van der Waals surface area (Å²) < 4.78 is 22.7. The van der Waals surface area contributed by atoms with Gasteiger partial charge in [-0.3, -0.25) is 0 Å². The zero-order chi connectivity index (χ0) is 22.8. The van der Waals surface area contributed by atoms with E-state index < -0.39 is 0 Å². The lowest BCUT2D eigenvalue weighted by Crippen LogP contribution is -2.07. The number of fused-ring (bicyclic) bond motifs is 2. The summed E-state index contributed by atoms with van der Waals surface area (Å²) >= 11 is 0. The van der Waals surface area contributed by atoms with Gasteiger partial charge in [0.2, 0.25) is 11.8 Å². The molecule has 3 aromatic carbocycles. The van der Waals surface area contributed by atoms with Crippen LogP contribution >= 0.6 is 0 Å². The van der Waals surface area contributed by atoms with Crippen molar-refractivity contribution in [3.8, 4) is 23.0 Å². The number of rotatable bonds is 8. The molecule has 0 N–H and O–H groups in total. The van der Waals surface area contributed by atoms with Gasteiger partial charge in [-0.25, -0.2) is 9.98 Å². The fraction of sp³-hybridized carbons (Fsp3) is 0.259. The molecule has 0 aromatic heterocycles. The van der Waals surface area contributed by atoms with Crippen LogP contribution in [-0.2, 0) is 9.47 Å². The zero-order valence-electron chi connectivity index (χ0n) is 19.1. The smallest absolute Gasteiger partial charge is 0.221 e. The highest BCUT2D eigenvalue weighted by atomic mass is 16.6. The van der Waals surface area contributed by atoms with Gasteiger partial charge in [0.05, 0.1) is 24.6 Å². The van der Waals surface area contributed by atoms with Gasteiger partial charge in [0.15, 0.2) is 23.0 Å². The quantitative estimate of drug-likeness (QED) is 0.145. The third kappa shape index (κ3) is 4.85. The van der Waals surface area contributed by atoms with E-state index in [2.05, 4.69) is 13.8 Å². The van der Waals surface area contributed by atoms with Crippen molar-refractivity contribution in [3.05, 3.63) is 71.3 Å². The summed E-state index contributed by atoms with van der Waals surface area (Å²) in [5.41, 5.74) is 4.44. The van der Waals surface area contributed by atoms with E-state index in [0.717, 1.165) is 63.9 Å². The lowest BCUT2D eigenvalue weighted by atomic mass is 10.1. The molecule has 0 fully saturated rings. The van der Waals surface area contributed by atoms with Crippen molar-refractivity contribution in [1.29, 1.82) is 0 Å². The largest absolute Gasteiger partial charge is 0.477 e. The van der Waals surface area contributed by atoms with Gasteiger partial charge in [-0.1, -0.05) is 13.8 Å². The van der Waals surface area contributed by atoms with Gasteiger partial charge in [0.1, 0.15) is 0 Å². The summed E-state index contributed by atoms with van der Waals surface area (Å²) in [4.78, 5) is 9.60. The molecule has 0 unspecified atom stereocenters. The van der Waals surface area contributed by atoms with Crippen molar-refractivity contribution < 1.29 is 18.9 Å². The van der Waals surface area contributed by atoms with Crippen LogP contribution < -0.4 is 9.47 Å². The van der Waals surface area contributed by atoms with Crippen LogP contribution in [0.5, 0.6) is 23.0 Å². The van der Waals surface area contributed by atoms with Crippen LogP contribution in [0.25, 0.3) is 0 Å². The van der Waals surface area contributed by atoms with Crippen molar-refractivity contribution >= 4 is 23.2 Å².